The largest absolute Gasteiger partial charge is 0.455 e. The summed E-state index contributed by atoms with van der Waals surface area (Å²) in [5.74, 6) is 1.47. The third kappa shape index (κ3) is 2.47. The molecule has 0 aliphatic heterocycles. The van der Waals surface area contributed by atoms with Gasteiger partial charge in [0.25, 0.3) is 0 Å². The summed E-state index contributed by atoms with van der Waals surface area (Å²) < 4.78 is 6.88. The first-order valence-corrected chi connectivity index (χ1v) is 7.02. The number of ether oxygens (including phenoxy) is 1. The summed E-state index contributed by atoms with van der Waals surface area (Å²) in [7, 11) is 0. The molecule has 2 aromatic carbocycles. The summed E-state index contributed by atoms with van der Waals surface area (Å²) >= 11 is 3.47. The summed E-state index contributed by atoms with van der Waals surface area (Å²) in [6.45, 7) is 1.95. The van der Waals surface area contributed by atoms with Crippen LogP contribution in [-0.2, 0) is 0 Å². The summed E-state index contributed by atoms with van der Waals surface area (Å²) in [6.07, 6.45) is 0. The minimum absolute atomic E-state index is 0.665. The minimum atomic E-state index is 0.665. The molecule has 0 atom stereocenters. The van der Waals surface area contributed by atoms with Crippen molar-refractivity contribution < 1.29 is 4.74 Å². The molecule has 0 fully saturated rings. The number of para-hydroxylation sites is 1. The number of aromatic nitrogens is 1. The van der Waals surface area contributed by atoms with Crippen LogP contribution in [-0.4, -0.2) is 4.98 Å². The number of hydrogen-bond acceptors (Lipinski definition) is 3. The molecule has 3 aromatic rings. The summed E-state index contributed by atoms with van der Waals surface area (Å²) in [4.78, 5) is 4.50. The van der Waals surface area contributed by atoms with Gasteiger partial charge in [-0.3, -0.25) is 4.98 Å². The number of rotatable bonds is 2. The molecule has 0 aliphatic rings. The molecule has 0 saturated carbocycles. The molecule has 4 heteroatoms. The molecule has 2 N–H and O–H groups in total. The number of nitrogens with zero attached hydrogens (tertiary/aromatic N) is 1. The van der Waals surface area contributed by atoms with Crippen LogP contribution in [0.25, 0.3) is 10.9 Å². The van der Waals surface area contributed by atoms with Gasteiger partial charge in [-0.15, -0.1) is 0 Å². The Morgan fingerprint density at radius 2 is 1.85 bits per heavy atom. The number of fused-ring (bicyclic) bond motifs is 1. The molecule has 0 spiro atoms. The Morgan fingerprint density at radius 3 is 2.70 bits per heavy atom. The van der Waals surface area contributed by atoms with Gasteiger partial charge in [0.05, 0.1) is 9.99 Å². The van der Waals surface area contributed by atoms with Gasteiger partial charge >= 0.3 is 0 Å². The van der Waals surface area contributed by atoms with Crippen molar-refractivity contribution in [2.45, 2.75) is 6.92 Å². The Morgan fingerprint density at radius 1 is 1.05 bits per heavy atom. The van der Waals surface area contributed by atoms with Gasteiger partial charge in [-0.05, 0) is 47.1 Å². The maximum Gasteiger partial charge on any atom is 0.143 e. The van der Waals surface area contributed by atoms with E-state index in [9.17, 15) is 0 Å². The fourth-order valence-electron chi connectivity index (χ4n) is 2.07. The quantitative estimate of drug-likeness (QED) is 0.695. The highest BCUT2D eigenvalue weighted by Gasteiger charge is 2.08. The summed E-state index contributed by atoms with van der Waals surface area (Å²) in [6, 6.07) is 15.3. The number of nitrogens with two attached hydrogens (primary N) is 1. The molecule has 1 aromatic heterocycles. The second-order valence-electron chi connectivity index (χ2n) is 4.57. The van der Waals surface area contributed by atoms with E-state index < -0.39 is 0 Å². The SMILES string of the molecule is Cc1cc(Oc2cc(N)ccc2Br)c2ccccc2n1. The second kappa shape index (κ2) is 5.13. The minimum Gasteiger partial charge on any atom is -0.455 e. The van der Waals surface area contributed by atoms with Gasteiger partial charge in [-0.2, -0.15) is 0 Å². The van der Waals surface area contributed by atoms with Crippen LogP contribution in [0.5, 0.6) is 11.5 Å². The fourth-order valence-corrected chi connectivity index (χ4v) is 2.40. The highest BCUT2D eigenvalue weighted by Crippen LogP contribution is 2.34. The van der Waals surface area contributed by atoms with E-state index in [1.54, 1.807) is 6.07 Å². The number of anilines is 1. The van der Waals surface area contributed by atoms with E-state index in [2.05, 4.69) is 20.9 Å². The lowest BCUT2D eigenvalue weighted by molar-refractivity contribution is 0.484. The number of nitrogen functional groups attached to an aromatic ring is 1. The van der Waals surface area contributed by atoms with Crippen LogP contribution in [0.3, 0.4) is 0 Å². The maximum atomic E-state index is 6.02. The van der Waals surface area contributed by atoms with Crippen molar-refractivity contribution in [3.63, 3.8) is 0 Å². The number of aryl methyl sites for hydroxylation is 1. The van der Waals surface area contributed by atoms with E-state index >= 15 is 0 Å². The molecule has 1 heterocycles. The van der Waals surface area contributed by atoms with Gasteiger partial charge in [-0.25, -0.2) is 0 Å². The normalized spacial score (nSPS) is 10.7. The van der Waals surface area contributed by atoms with Crippen LogP contribution >= 0.6 is 15.9 Å². The van der Waals surface area contributed by atoms with Crippen LogP contribution in [0, 0.1) is 6.92 Å². The van der Waals surface area contributed by atoms with Crippen LogP contribution in [0.2, 0.25) is 0 Å². The molecule has 0 amide bonds. The zero-order chi connectivity index (χ0) is 14.1. The van der Waals surface area contributed by atoms with Gasteiger partial charge in [0.1, 0.15) is 11.5 Å². The molecule has 0 radical (unpaired) electrons. The van der Waals surface area contributed by atoms with Gasteiger partial charge in [0.15, 0.2) is 0 Å². The molecule has 3 nitrogen and oxygen atoms in total. The predicted molar refractivity (Wildman–Crippen MR) is 85.1 cm³/mol. The predicted octanol–water partition coefficient (Wildman–Crippen LogP) is 4.68. The van der Waals surface area contributed by atoms with E-state index in [0.717, 1.165) is 26.8 Å². The molecule has 0 aliphatic carbocycles. The van der Waals surface area contributed by atoms with Crippen LogP contribution in [0.1, 0.15) is 5.69 Å². The van der Waals surface area contributed by atoms with Crippen molar-refractivity contribution in [1.29, 1.82) is 0 Å². The van der Waals surface area contributed by atoms with Crippen LogP contribution < -0.4 is 10.5 Å². The van der Waals surface area contributed by atoms with Gasteiger partial charge < -0.3 is 10.5 Å². The Bertz CT molecular complexity index is 787. The molecular formula is C16H13BrN2O. The monoisotopic (exact) mass is 328 g/mol. The van der Waals surface area contributed by atoms with E-state index in [4.69, 9.17) is 10.5 Å². The zero-order valence-corrected chi connectivity index (χ0v) is 12.5. The second-order valence-corrected chi connectivity index (χ2v) is 5.43. The topological polar surface area (TPSA) is 48.1 Å². The van der Waals surface area contributed by atoms with Gasteiger partial charge in [0.2, 0.25) is 0 Å². The third-order valence-corrected chi connectivity index (χ3v) is 3.64. The fraction of sp³-hybridized carbons (Fsp3) is 0.0625. The molecule has 0 saturated heterocycles. The van der Waals surface area contributed by atoms with E-state index in [1.165, 1.54) is 0 Å². The smallest absolute Gasteiger partial charge is 0.143 e. The number of halogens is 1. The Kier molecular flexibility index (Phi) is 3.32. The van der Waals surface area contributed by atoms with Crippen molar-refractivity contribution in [3.05, 3.63) is 58.7 Å². The first-order chi connectivity index (χ1) is 9.63. The Balaban J connectivity index is 2.13. The standard InChI is InChI=1S/C16H13BrN2O/c1-10-8-15(12-4-2-3-5-14(12)19-10)20-16-9-11(18)6-7-13(16)17/h2-9H,18H2,1H3. The Labute approximate surface area is 125 Å². The molecule has 100 valence electrons. The van der Waals surface area contributed by atoms with E-state index in [0.29, 0.717) is 11.4 Å². The number of benzene rings is 2. The van der Waals surface area contributed by atoms with E-state index in [-0.39, 0.29) is 0 Å². The van der Waals surface area contributed by atoms with Gasteiger partial charge in [0, 0.05) is 28.9 Å². The van der Waals surface area contributed by atoms with E-state index in [1.807, 2.05) is 49.4 Å². The van der Waals surface area contributed by atoms with Crippen molar-refractivity contribution in [1.82, 2.24) is 4.98 Å². The first kappa shape index (κ1) is 12.9. The number of pyridine rings is 1. The average Bonchev–Trinajstić information content (AvgIpc) is 2.43. The van der Waals surface area contributed by atoms with Crippen LogP contribution in [0.15, 0.2) is 53.0 Å². The summed E-state index contributed by atoms with van der Waals surface area (Å²) in [5.41, 5.74) is 8.31. The molecule has 3 rings (SSSR count). The zero-order valence-electron chi connectivity index (χ0n) is 10.9. The molecular weight excluding hydrogens is 316 g/mol. The molecule has 0 bridgehead atoms. The molecule has 20 heavy (non-hydrogen) atoms. The first-order valence-electron chi connectivity index (χ1n) is 6.23. The lowest BCUT2D eigenvalue weighted by atomic mass is 10.2. The van der Waals surface area contributed by atoms with Crippen molar-refractivity contribution in [2.75, 3.05) is 5.73 Å². The third-order valence-electron chi connectivity index (χ3n) is 2.98. The number of hydrogen-bond donors (Lipinski definition) is 1. The Hall–Kier alpha value is -2.07. The highest BCUT2D eigenvalue weighted by molar-refractivity contribution is 9.10. The van der Waals surface area contributed by atoms with Crippen molar-refractivity contribution in [2.24, 2.45) is 0 Å². The maximum absolute atomic E-state index is 6.02. The highest BCUT2D eigenvalue weighted by atomic mass is 79.9. The average molecular weight is 329 g/mol. The molecule has 0 unspecified atom stereocenters. The van der Waals surface area contributed by atoms with Crippen molar-refractivity contribution >= 4 is 32.5 Å². The lowest BCUT2D eigenvalue weighted by Gasteiger charge is -2.11. The van der Waals surface area contributed by atoms with Crippen molar-refractivity contribution in [3.8, 4) is 11.5 Å². The van der Waals surface area contributed by atoms with Gasteiger partial charge in [-0.1, -0.05) is 12.1 Å². The summed E-state index contributed by atoms with van der Waals surface area (Å²) in [5, 5.41) is 0.979. The van der Waals surface area contributed by atoms with Crippen LogP contribution in [0.4, 0.5) is 5.69 Å². The lowest BCUT2D eigenvalue weighted by Crippen LogP contribution is -1.92.